The molecular formula is C28H27Cl2N5O2. The highest BCUT2D eigenvalue weighted by Crippen LogP contribution is 2.35. The van der Waals surface area contributed by atoms with Gasteiger partial charge in [-0.2, -0.15) is 5.10 Å². The van der Waals surface area contributed by atoms with Gasteiger partial charge in [-0.15, -0.1) is 0 Å². The van der Waals surface area contributed by atoms with Crippen molar-refractivity contribution in [1.29, 1.82) is 0 Å². The average molecular weight is 536 g/mol. The van der Waals surface area contributed by atoms with Crippen molar-refractivity contribution in [2.24, 2.45) is 14.1 Å². The maximum absolute atomic E-state index is 13.4. The van der Waals surface area contributed by atoms with E-state index in [9.17, 15) is 4.79 Å². The minimum absolute atomic E-state index is 0.109. The molecule has 1 aliphatic rings. The molecule has 1 aliphatic heterocycles. The second kappa shape index (κ2) is 9.65. The van der Waals surface area contributed by atoms with Gasteiger partial charge in [-0.1, -0.05) is 35.3 Å². The molecule has 6 rings (SSSR count). The SMILES string of the molecule is Cn1c(=O)c(-c2ccc(Cl)cc2Cl)cc2c3cc(-c4ccn(CCN5CCOCC5)n4)ccc3n(C)c21. The normalized spacial score (nSPS) is 14.7. The number of halogens is 2. The molecule has 0 amide bonds. The number of hydrogen-bond donors (Lipinski definition) is 0. The third-order valence-corrected chi connectivity index (χ3v) is 7.80. The molecule has 0 N–H and O–H groups in total. The molecule has 7 nitrogen and oxygen atoms in total. The molecule has 0 radical (unpaired) electrons. The van der Waals surface area contributed by atoms with Crippen molar-refractivity contribution in [2.75, 3.05) is 32.8 Å². The van der Waals surface area contributed by atoms with Crippen LogP contribution in [0.15, 0.2) is 59.5 Å². The summed E-state index contributed by atoms with van der Waals surface area (Å²) in [6, 6.07) is 15.6. The van der Waals surface area contributed by atoms with Gasteiger partial charge in [0.15, 0.2) is 0 Å². The monoisotopic (exact) mass is 535 g/mol. The Morgan fingerprint density at radius 1 is 0.892 bits per heavy atom. The molecule has 0 bridgehead atoms. The largest absolute Gasteiger partial charge is 0.379 e. The lowest BCUT2D eigenvalue weighted by Gasteiger charge is -2.26. The number of aromatic nitrogens is 4. The number of benzene rings is 2. The molecule has 2 aromatic carbocycles. The first kappa shape index (κ1) is 24.2. The molecule has 1 saturated heterocycles. The third-order valence-electron chi connectivity index (χ3n) is 7.25. The summed E-state index contributed by atoms with van der Waals surface area (Å²) in [4.78, 5) is 15.8. The average Bonchev–Trinajstić information content (AvgIpc) is 3.48. The van der Waals surface area contributed by atoms with Crippen LogP contribution >= 0.6 is 23.2 Å². The lowest BCUT2D eigenvalue weighted by atomic mass is 10.0. The van der Waals surface area contributed by atoms with Crippen molar-refractivity contribution in [2.45, 2.75) is 6.54 Å². The van der Waals surface area contributed by atoms with Gasteiger partial charge < -0.3 is 9.30 Å². The van der Waals surface area contributed by atoms with E-state index in [1.807, 2.05) is 24.0 Å². The summed E-state index contributed by atoms with van der Waals surface area (Å²) in [7, 11) is 3.78. The van der Waals surface area contributed by atoms with E-state index in [-0.39, 0.29) is 5.56 Å². The molecule has 0 saturated carbocycles. The highest BCUT2D eigenvalue weighted by Gasteiger charge is 2.18. The van der Waals surface area contributed by atoms with Crippen molar-refractivity contribution in [3.8, 4) is 22.4 Å². The van der Waals surface area contributed by atoms with Crippen molar-refractivity contribution in [1.82, 2.24) is 23.8 Å². The Kier molecular flexibility index (Phi) is 6.32. The van der Waals surface area contributed by atoms with Crippen LogP contribution in [0.4, 0.5) is 0 Å². The second-order valence-corrected chi connectivity index (χ2v) is 10.3. The van der Waals surface area contributed by atoms with Crippen LogP contribution in [0.5, 0.6) is 0 Å². The van der Waals surface area contributed by atoms with Crippen LogP contribution in [0, 0.1) is 0 Å². The van der Waals surface area contributed by atoms with Crippen molar-refractivity contribution < 1.29 is 4.74 Å². The number of fused-ring (bicyclic) bond motifs is 3. The number of hydrogen-bond acceptors (Lipinski definition) is 4. The van der Waals surface area contributed by atoms with Crippen LogP contribution in [-0.2, 0) is 25.4 Å². The fourth-order valence-corrected chi connectivity index (χ4v) is 5.77. The first-order chi connectivity index (χ1) is 17.9. The Hall–Kier alpha value is -3.10. The Morgan fingerprint density at radius 3 is 2.49 bits per heavy atom. The van der Waals surface area contributed by atoms with E-state index in [0.717, 1.165) is 72.6 Å². The topological polar surface area (TPSA) is 57.2 Å². The Balaban J connectivity index is 1.41. The Morgan fingerprint density at radius 2 is 1.70 bits per heavy atom. The molecule has 0 aliphatic carbocycles. The van der Waals surface area contributed by atoms with Crippen molar-refractivity contribution in [3.05, 3.63) is 75.1 Å². The highest BCUT2D eigenvalue weighted by molar-refractivity contribution is 6.36. The van der Waals surface area contributed by atoms with E-state index in [1.54, 1.807) is 29.8 Å². The second-order valence-electron chi connectivity index (χ2n) is 9.49. The molecule has 0 spiro atoms. The number of morpholine rings is 1. The first-order valence-corrected chi connectivity index (χ1v) is 13.1. The van der Waals surface area contributed by atoms with E-state index in [1.165, 1.54) is 0 Å². The van der Waals surface area contributed by atoms with E-state index < -0.39 is 0 Å². The van der Waals surface area contributed by atoms with E-state index in [4.69, 9.17) is 33.0 Å². The summed E-state index contributed by atoms with van der Waals surface area (Å²) >= 11 is 12.6. The van der Waals surface area contributed by atoms with Gasteiger partial charge in [-0.25, -0.2) is 0 Å². The Bertz CT molecular complexity index is 1690. The van der Waals surface area contributed by atoms with Crippen LogP contribution in [0.3, 0.4) is 0 Å². The minimum Gasteiger partial charge on any atom is -0.379 e. The maximum Gasteiger partial charge on any atom is 0.259 e. The molecule has 4 heterocycles. The van der Waals surface area contributed by atoms with Gasteiger partial charge in [0.25, 0.3) is 5.56 Å². The van der Waals surface area contributed by atoms with E-state index in [2.05, 4.69) is 33.7 Å². The van der Waals surface area contributed by atoms with Gasteiger partial charge in [-0.05, 0) is 36.4 Å². The molecule has 9 heteroatoms. The van der Waals surface area contributed by atoms with Gasteiger partial charge >= 0.3 is 0 Å². The zero-order chi connectivity index (χ0) is 25.7. The number of rotatable bonds is 5. The van der Waals surface area contributed by atoms with Crippen LogP contribution in [0.2, 0.25) is 10.0 Å². The molecule has 3 aromatic heterocycles. The summed E-state index contributed by atoms with van der Waals surface area (Å²) in [5.41, 5.74) is 4.95. The number of ether oxygens (including phenoxy) is 1. The van der Waals surface area contributed by atoms with Gasteiger partial charge in [0, 0.05) is 72.4 Å². The van der Waals surface area contributed by atoms with Crippen LogP contribution in [-0.4, -0.2) is 56.7 Å². The van der Waals surface area contributed by atoms with Crippen LogP contribution < -0.4 is 5.56 Å². The quantitative estimate of drug-likeness (QED) is 0.310. The fraction of sp³-hybridized carbons (Fsp3) is 0.286. The zero-order valence-electron chi connectivity index (χ0n) is 20.7. The summed E-state index contributed by atoms with van der Waals surface area (Å²) in [5, 5.41) is 7.86. The van der Waals surface area contributed by atoms with Crippen LogP contribution in [0.1, 0.15) is 0 Å². The highest BCUT2D eigenvalue weighted by atomic mass is 35.5. The van der Waals surface area contributed by atoms with E-state index >= 15 is 0 Å². The minimum atomic E-state index is -0.109. The molecule has 0 atom stereocenters. The van der Waals surface area contributed by atoms with Gasteiger partial charge in [0.05, 0.1) is 36.0 Å². The molecule has 0 unspecified atom stereocenters. The van der Waals surface area contributed by atoms with Gasteiger partial charge in [0.2, 0.25) is 0 Å². The Labute approximate surface area is 224 Å². The standard InChI is InChI=1S/C28H27Cl2N5O2/c1-32-26-6-3-18(25-7-8-35(31-25)10-9-34-11-13-37-14-12-34)15-21(26)22-17-23(28(36)33(2)27(22)32)20-5-4-19(29)16-24(20)30/h3-8,15-17H,9-14H2,1-2H3. The third kappa shape index (κ3) is 4.36. The van der Waals surface area contributed by atoms with Crippen LogP contribution in [0.25, 0.3) is 44.3 Å². The molecule has 190 valence electrons. The molecule has 5 aromatic rings. The smallest absolute Gasteiger partial charge is 0.259 e. The zero-order valence-corrected chi connectivity index (χ0v) is 22.3. The van der Waals surface area contributed by atoms with Gasteiger partial charge in [0.1, 0.15) is 5.65 Å². The molecule has 37 heavy (non-hydrogen) atoms. The lowest BCUT2D eigenvalue weighted by Crippen LogP contribution is -2.38. The number of pyridine rings is 1. The van der Waals surface area contributed by atoms with E-state index in [0.29, 0.717) is 21.2 Å². The molecule has 1 fully saturated rings. The molecular weight excluding hydrogens is 509 g/mol. The summed E-state index contributed by atoms with van der Waals surface area (Å²) in [6.45, 7) is 5.33. The maximum atomic E-state index is 13.4. The summed E-state index contributed by atoms with van der Waals surface area (Å²) in [5.74, 6) is 0. The fourth-order valence-electron chi connectivity index (χ4n) is 5.26. The lowest BCUT2D eigenvalue weighted by molar-refractivity contribution is 0.0360. The summed E-state index contributed by atoms with van der Waals surface area (Å²) in [6.07, 6.45) is 2.04. The number of aryl methyl sites for hydroxylation is 2. The first-order valence-electron chi connectivity index (χ1n) is 12.3. The predicted octanol–water partition coefficient (Wildman–Crippen LogP) is 5.20. The predicted molar refractivity (Wildman–Crippen MR) is 150 cm³/mol. The van der Waals surface area contributed by atoms with Crippen molar-refractivity contribution >= 4 is 45.1 Å². The summed E-state index contributed by atoms with van der Waals surface area (Å²) < 4.78 is 11.2. The number of nitrogens with zero attached hydrogens (tertiary/aromatic N) is 5. The van der Waals surface area contributed by atoms with Gasteiger partial charge in [-0.3, -0.25) is 18.9 Å². The van der Waals surface area contributed by atoms with Crippen molar-refractivity contribution in [3.63, 3.8) is 0 Å².